The molecule has 4 nitrogen and oxygen atoms in total. The minimum Gasteiger partial charge on any atom is -0.330 e. The average Bonchev–Trinajstić information content (AvgIpc) is 2.24. The first-order valence-electron chi connectivity index (χ1n) is 5.26. The molecule has 3 N–H and O–H groups in total. The summed E-state index contributed by atoms with van der Waals surface area (Å²) < 4.78 is 25.5. The summed E-state index contributed by atoms with van der Waals surface area (Å²) in [5, 5.41) is 0. The number of rotatable bonds is 6. The minimum absolute atomic E-state index is 0.0926. The highest BCUT2D eigenvalue weighted by atomic mass is 32.2. The summed E-state index contributed by atoms with van der Waals surface area (Å²) in [7, 11) is -3.18. The number of hydrogen-bond acceptors (Lipinski definition) is 3. The maximum atomic E-state index is 11.5. The first-order valence-corrected chi connectivity index (χ1v) is 6.92. The normalized spacial score (nSPS) is 11.6. The molecule has 0 radical (unpaired) electrons. The molecule has 0 unspecified atom stereocenters. The van der Waals surface area contributed by atoms with Crippen LogP contribution in [0.25, 0.3) is 0 Å². The molecule has 0 atom stereocenters. The zero-order valence-corrected chi connectivity index (χ0v) is 10.3. The Balaban J connectivity index is 2.51. The van der Waals surface area contributed by atoms with Crippen LogP contribution in [-0.4, -0.2) is 20.7 Å². The summed E-state index contributed by atoms with van der Waals surface area (Å²) in [4.78, 5) is 0. The second-order valence-corrected chi connectivity index (χ2v) is 5.70. The van der Waals surface area contributed by atoms with Crippen LogP contribution in [0.15, 0.2) is 24.3 Å². The van der Waals surface area contributed by atoms with Crippen LogP contribution in [0.1, 0.15) is 17.5 Å². The average molecular weight is 242 g/mol. The largest absolute Gasteiger partial charge is 0.330 e. The monoisotopic (exact) mass is 242 g/mol. The van der Waals surface area contributed by atoms with E-state index in [9.17, 15) is 8.42 Å². The fourth-order valence-corrected chi connectivity index (χ4v) is 2.44. The number of aryl methyl sites for hydroxylation is 1. The van der Waals surface area contributed by atoms with Gasteiger partial charge in [0.15, 0.2) is 0 Å². The third kappa shape index (κ3) is 4.74. The van der Waals surface area contributed by atoms with Gasteiger partial charge in [0.25, 0.3) is 0 Å². The van der Waals surface area contributed by atoms with Gasteiger partial charge >= 0.3 is 0 Å². The molecule has 16 heavy (non-hydrogen) atoms. The first kappa shape index (κ1) is 13.2. The molecule has 1 rings (SSSR count). The predicted octanol–water partition coefficient (Wildman–Crippen LogP) is 0.763. The lowest BCUT2D eigenvalue weighted by Gasteiger charge is -2.06. The lowest BCUT2D eigenvalue weighted by atomic mass is 10.1. The van der Waals surface area contributed by atoms with Crippen LogP contribution in [0.5, 0.6) is 0 Å². The maximum Gasteiger partial charge on any atom is 0.211 e. The zero-order valence-electron chi connectivity index (χ0n) is 9.44. The molecule has 0 aliphatic heterocycles. The molecule has 0 amide bonds. The second-order valence-electron chi connectivity index (χ2n) is 3.77. The number of nitrogens with two attached hydrogens (primary N) is 1. The summed E-state index contributed by atoms with van der Waals surface area (Å²) in [6.07, 6.45) is 0.489. The van der Waals surface area contributed by atoms with Crippen molar-refractivity contribution in [2.75, 3.05) is 12.3 Å². The number of nitrogens with one attached hydrogen (secondary N) is 1. The Morgan fingerprint density at radius 1 is 1.38 bits per heavy atom. The van der Waals surface area contributed by atoms with Gasteiger partial charge in [-0.2, -0.15) is 0 Å². The Bertz CT molecular complexity index is 429. The Morgan fingerprint density at radius 3 is 2.75 bits per heavy atom. The zero-order chi connectivity index (χ0) is 12.0. The van der Waals surface area contributed by atoms with Crippen LogP contribution >= 0.6 is 0 Å². The Kier molecular flexibility index (Phi) is 4.92. The van der Waals surface area contributed by atoms with E-state index in [0.29, 0.717) is 19.5 Å². The molecule has 90 valence electrons. The van der Waals surface area contributed by atoms with Gasteiger partial charge in [0.05, 0.1) is 5.75 Å². The van der Waals surface area contributed by atoms with E-state index in [-0.39, 0.29) is 5.75 Å². The molecule has 0 aliphatic carbocycles. The molecule has 0 saturated heterocycles. The van der Waals surface area contributed by atoms with Crippen molar-refractivity contribution in [3.63, 3.8) is 0 Å². The van der Waals surface area contributed by atoms with Gasteiger partial charge in [-0.3, -0.25) is 0 Å². The van der Waals surface area contributed by atoms with Crippen molar-refractivity contribution < 1.29 is 8.42 Å². The molecule has 5 heteroatoms. The highest BCUT2D eigenvalue weighted by molar-refractivity contribution is 7.89. The van der Waals surface area contributed by atoms with Gasteiger partial charge in [-0.15, -0.1) is 0 Å². The lowest BCUT2D eigenvalue weighted by molar-refractivity contribution is 0.579. The van der Waals surface area contributed by atoms with Gasteiger partial charge in [-0.25, -0.2) is 13.1 Å². The molecule has 0 bridgehead atoms. The fourth-order valence-electron chi connectivity index (χ4n) is 1.36. The molecule has 0 aromatic heterocycles. The third-order valence-corrected chi connectivity index (χ3v) is 3.61. The number of sulfonamides is 1. The van der Waals surface area contributed by atoms with Gasteiger partial charge in [0.1, 0.15) is 0 Å². The van der Waals surface area contributed by atoms with Crippen LogP contribution in [0, 0.1) is 6.92 Å². The van der Waals surface area contributed by atoms with Crippen molar-refractivity contribution >= 4 is 10.0 Å². The highest BCUT2D eigenvalue weighted by Crippen LogP contribution is 2.04. The van der Waals surface area contributed by atoms with E-state index in [1.165, 1.54) is 0 Å². The Hall–Kier alpha value is -0.910. The standard InChI is InChI=1S/C11H18N2O2S/c1-10-4-2-5-11(8-10)9-13-16(14,15)7-3-6-12/h2,4-5,8,13H,3,6-7,9,12H2,1H3. The summed E-state index contributed by atoms with van der Waals surface area (Å²) in [5.41, 5.74) is 7.36. The quantitative estimate of drug-likeness (QED) is 0.773. The Morgan fingerprint density at radius 2 is 2.12 bits per heavy atom. The van der Waals surface area contributed by atoms with Crippen molar-refractivity contribution in [2.45, 2.75) is 19.9 Å². The molecule has 0 spiro atoms. The van der Waals surface area contributed by atoms with Crippen LogP contribution in [0.4, 0.5) is 0 Å². The third-order valence-electron chi connectivity index (χ3n) is 2.20. The molecular formula is C11H18N2O2S. The highest BCUT2D eigenvalue weighted by Gasteiger charge is 2.08. The smallest absolute Gasteiger partial charge is 0.211 e. The summed E-state index contributed by atoms with van der Waals surface area (Å²) in [6, 6.07) is 7.76. The molecule has 0 saturated carbocycles. The number of benzene rings is 1. The lowest BCUT2D eigenvalue weighted by Crippen LogP contribution is -2.27. The van der Waals surface area contributed by atoms with Crippen molar-refractivity contribution in [1.82, 2.24) is 4.72 Å². The minimum atomic E-state index is -3.18. The van der Waals surface area contributed by atoms with Crippen LogP contribution in [0.3, 0.4) is 0 Å². The van der Waals surface area contributed by atoms with Crippen molar-refractivity contribution in [2.24, 2.45) is 5.73 Å². The van der Waals surface area contributed by atoms with E-state index in [0.717, 1.165) is 11.1 Å². The van der Waals surface area contributed by atoms with E-state index in [2.05, 4.69) is 4.72 Å². The maximum absolute atomic E-state index is 11.5. The molecule has 0 fully saturated rings. The van der Waals surface area contributed by atoms with Gasteiger partial charge in [0.2, 0.25) is 10.0 Å². The van der Waals surface area contributed by atoms with E-state index in [4.69, 9.17) is 5.73 Å². The van der Waals surface area contributed by atoms with Gasteiger partial charge in [-0.1, -0.05) is 29.8 Å². The topological polar surface area (TPSA) is 72.2 Å². The van der Waals surface area contributed by atoms with Crippen molar-refractivity contribution in [3.8, 4) is 0 Å². The predicted molar refractivity (Wildman–Crippen MR) is 65.5 cm³/mol. The van der Waals surface area contributed by atoms with Crippen molar-refractivity contribution in [3.05, 3.63) is 35.4 Å². The van der Waals surface area contributed by atoms with E-state index < -0.39 is 10.0 Å². The van der Waals surface area contributed by atoms with Gasteiger partial charge in [0, 0.05) is 6.54 Å². The van der Waals surface area contributed by atoms with Crippen LogP contribution in [0.2, 0.25) is 0 Å². The van der Waals surface area contributed by atoms with Crippen molar-refractivity contribution in [1.29, 1.82) is 0 Å². The van der Waals surface area contributed by atoms with E-state index in [1.807, 2.05) is 31.2 Å². The SMILES string of the molecule is Cc1cccc(CNS(=O)(=O)CCCN)c1. The second kappa shape index (κ2) is 5.98. The summed E-state index contributed by atoms with van der Waals surface area (Å²) in [5.74, 6) is 0.0926. The summed E-state index contributed by atoms with van der Waals surface area (Å²) >= 11 is 0. The molecule has 0 aliphatic rings. The first-order chi connectivity index (χ1) is 7.53. The van der Waals surface area contributed by atoms with Crippen LogP contribution in [-0.2, 0) is 16.6 Å². The molecule has 1 aromatic carbocycles. The van der Waals surface area contributed by atoms with E-state index >= 15 is 0 Å². The fraction of sp³-hybridized carbons (Fsp3) is 0.455. The summed E-state index contributed by atoms with van der Waals surface area (Å²) in [6.45, 7) is 2.71. The molecular weight excluding hydrogens is 224 g/mol. The van der Waals surface area contributed by atoms with Gasteiger partial charge < -0.3 is 5.73 Å². The number of hydrogen-bond donors (Lipinski definition) is 2. The van der Waals surface area contributed by atoms with E-state index in [1.54, 1.807) is 0 Å². The molecule has 1 aromatic rings. The van der Waals surface area contributed by atoms with Gasteiger partial charge in [-0.05, 0) is 25.5 Å². The van der Waals surface area contributed by atoms with Crippen LogP contribution < -0.4 is 10.5 Å². The molecule has 0 heterocycles. The Labute approximate surface area is 96.9 Å².